The van der Waals surface area contributed by atoms with E-state index in [4.69, 9.17) is 5.73 Å². The molecule has 4 nitrogen and oxygen atoms in total. The SMILES string of the molecule is Cc1cc(CCN)cnc1Sc1ccc(S(C)(=O)=O)cc1. The maximum absolute atomic E-state index is 11.4. The molecule has 0 aliphatic heterocycles. The molecule has 1 aromatic heterocycles. The molecule has 0 atom stereocenters. The molecule has 0 radical (unpaired) electrons. The van der Waals surface area contributed by atoms with E-state index in [2.05, 4.69) is 11.1 Å². The second-order valence-corrected chi connectivity index (χ2v) is 7.93. The summed E-state index contributed by atoms with van der Waals surface area (Å²) in [4.78, 5) is 5.74. The molecule has 0 unspecified atom stereocenters. The molecule has 0 saturated carbocycles. The van der Waals surface area contributed by atoms with Crippen molar-refractivity contribution in [1.29, 1.82) is 0 Å². The van der Waals surface area contributed by atoms with E-state index < -0.39 is 9.84 Å². The number of pyridine rings is 1. The van der Waals surface area contributed by atoms with Gasteiger partial charge in [0.25, 0.3) is 0 Å². The van der Waals surface area contributed by atoms with Gasteiger partial charge >= 0.3 is 0 Å². The van der Waals surface area contributed by atoms with E-state index in [1.54, 1.807) is 24.3 Å². The van der Waals surface area contributed by atoms with Crippen LogP contribution in [0.1, 0.15) is 11.1 Å². The largest absolute Gasteiger partial charge is 0.330 e. The third-order valence-corrected chi connectivity index (χ3v) is 5.24. The molecule has 2 N–H and O–H groups in total. The van der Waals surface area contributed by atoms with Crippen molar-refractivity contribution < 1.29 is 8.42 Å². The number of hydrogen-bond acceptors (Lipinski definition) is 5. The number of hydrogen-bond donors (Lipinski definition) is 1. The van der Waals surface area contributed by atoms with E-state index in [1.165, 1.54) is 18.0 Å². The van der Waals surface area contributed by atoms with E-state index in [1.807, 2.05) is 13.1 Å². The van der Waals surface area contributed by atoms with Gasteiger partial charge < -0.3 is 5.73 Å². The van der Waals surface area contributed by atoms with Crippen molar-refractivity contribution in [2.45, 2.75) is 28.2 Å². The first kappa shape index (κ1) is 16.0. The average Bonchev–Trinajstić information content (AvgIpc) is 2.42. The second-order valence-electron chi connectivity index (χ2n) is 4.85. The van der Waals surface area contributed by atoms with Crippen molar-refractivity contribution in [3.05, 3.63) is 47.7 Å². The van der Waals surface area contributed by atoms with Crippen molar-refractivity contribution in [3.8, 4) is 0 Å². The quantitative estimate of drug-likeness (QED) is 0.915. The highest BCUT2D eigenvalue weighted by atomic mass is 32.2. The van der Waals surface area contributed by atoms with Crippen LogP contribution in [0, 0.1) is 6.92 Å². The van der Waals surface area contributed by atoms with Crippen LogP contribution in [0.5, 0.6) is 0 Å². The van der Waals surface area contributed by atoms with Crippen molar-refractivity contribution >= 4 is 21.6 Å². The number of aromatic nitrogens is 1. The Balaban J connectivity index is 2.18. The number of aryl methyl sites for hydroxylation is 1. The molecule has 0 aliphatic rings. The molecule has 112 valence electrons. The van der Waals surface area contributed by atoms with Crippen molar-refractivity contribution in [2.75, 3.05) is 12.8 Å². The van der Waals surface area contributed by atoms with Crippen LogP contribution >= 0.6 is 11.8 Å². The van der Waals surface area contributed by atoms with E-state index in [0.717, 1.165) is 27.5 Å². The van der Waals surface area contributed by atoms with Crippen LogP contribution < -0.4 is 5.73 Å². The summed E-state index contributed by atoms with van der Waals surface area (Å²) in [6, 6.07) is 8.94. The number of sulfone groups is 1. The third-order valence-electron chi connectivity index (χ3n) is 2.99. The van der Waals surface area contributed by atoms with Crippen LogP contribution in [0.3, 0.4) is 0 Å². The molecule has 6 heteroatoms. The van der Waals surface area contributed by atoms with Gasteiger partial charge in [0.1, 0.15) is 5.03 Å². The number of benzene rings is 1. The monoisotopic (exact) mass is 322 g/mol. The van der Waals surface area contributed by atoms with Crippen LogP contribution in [0.25, 0.3) is 0 Å². The Bertz CT molecular complexity index is 726. The van der Waals surface area contributed by atoms with E-state index >= 15 is 0 Å². The second kappa shape index (κ2) is 6.60. The molecule has 1 aromatic carbocycles. The van der Waals surface area contributed by atoms with Crippen molar-refractivity contribution in [2.24, 2.45) is 5.73 Å². The van der Waals surface area contributed by atoms with Gasteiger partial charge in [0.05, 0.1) is 4.90 Å². The lowest BCUT2D eigenvalue weighted by Crippen LogP contribution is -2.03. The molecule has 21 heavy (non-hydrogen) atoms. The zero-order valence-electron chi connectivity index (χ0n) is 12.0. The Morgan fingerprint density at radius 2 is 1.90 bits per heavy atom. The Labute approximate surface area is 129 Å². The summed E-state index contributed by atoms with van der Waals surface area (Å²) in [5, 5.41) is 0.919. The van der Waals surface area contributed by atoms with Gasteiger partial charge in [0.15, 0.2) is 9.84 Å². The Morgan fingerprint density at radius 3 is 2.43 bits per heavy atom. The molecular formula is C15H18N2O2S2. The molecular weight excluding hydrogens is 304 g/mol. The topological polar surface area (TPSA) is 73.0 Å². The van der Waals surface area contributed by atoms with Crippen LogP contribution in [0.15, 0.2) is 51.3 Å². The number of nitrogens with zero attached hydrogens (tertiary/aromatic N) is 1. The first-order valence-electron chi connectivity index (χ1n) is 6.53. The highest BCUT2D eigenvalue weighted by Crippen LogP contribution is 2.29. The van der Waals surface area contributed by atoms with Gasteiger partial charge in [-0.1, -0.05) is 17.8 Å². The van der Waals surface area contributed by atoms with Crippen molar-refractivity contribution in [3.63, 3.8) is 0 Å². The molecule has 0 aliphatic carbocycles. The normalized spacial score (nSPS) is 11.6. The molecule has 0 bridgehead atoms. The zero-order chi connectivity index (χ0) is 15.5. The van der Waals surface area contributed by atoms with Crippen LogP contribution in [0.2, 0.25) is 0 Å². The minimum Gasteiger partial charge on any atom is -0.330 e. The fourth-order valence-corrected chi connectivity index (χ4v) is 3.35. The number of rotatable bonds is 5. The Hall–Kier alpha value is -1.37. The fourth-order valence-electron chi connectivity index (χ4n) is 1.90. The van der Waals surface area contributed by atoms with Gasteiger partial charge in [-0.15, -0.1) is 0 Å². The van der Waals surface area contributed by atoms with Gasteiger partial charge in [-0.25, -0.2) is 13.4 Å². The highest BCUT2D eigenvalue weighted by molar-refractivity contribution is 7.99. The highest BCUT2D eigenvalue weighted by Gasteiger charge is 2.08. The van der Waals surface area contributed by atoms with Gasteiger partial charge in [-0.05, 0) is 55.3 Å². The summed E-state index contributed by atoms with van der Waals surface area (Å²) in [7, 11) is -3.15. The van der Waals surface area contributed by atoms with Gasteiger partial charge in [-0.2, -0.15) is 0 Å². The average molecular weight is 322 g/mol. The summed E-state index contributed by atoms with van der Waals surface area (Å²) >= 11 is 1.52. The summed E-state index contributed by atoms with van der Waals surface area (Å²) < 4.78 is 22.9. The molecule has 2 aromatic rings. The lowest BCUT2D eigenvalue weighted by molar-refractivity contribution is 0.602. The van der Waals surface area contributed by atoms with E-state index in [-0.39, 0.29) is 0 Å². The van der Waals surface area contributed by atoms with E-state index in [0.29, 0.717) is 11.4 Å². The third kappa shape index (κ3) is 4.30. The molecule has 0 fully saturated rings. The zero-order valence-corrected chi connectivity index (χ0v) is 13.7. The van der Waals surface area contributed by atoms with Gasteiger partial charge in [-0.3, -0.25) is 0 Å². The minimum atomic E-state index is -3.15. The molecule has 0 spiro atoms. The predicted molar refractivity (Wildman–Crippen MR) is 85.4 cm³/mol. The summed E-state index contributed by atoms with van der Waals surface area (Å²) in [5.41, 5.74) is 7.77. The van der Waals surface area contributed by atoms with Gasteiger partial charge in [0.2, 0.25) is 0 Å². The first-order chi connectivity index (χ1) is 9.90. The van der Waals surface area contributed by atoms with Crippen LogP contribution in [-0.2, 0) is 16.3 Å². The fraction of sp³-hybridized carbons (Fsp3) is 0.267. The lowest BCUT2D eigenvalue weighted by atomic mass is 10.2. The number of nitrogens with two attached hydrogens (primary N) is 1. The van der Waals surface area contributed by atoms with Crippen LogP contribution in [0.4, 0.5) is 0 Å². The summed E-state index contributed by atoms with van der Waals surface area (Å²) in [6.45, 7) is 2.63. The maximum atomic E-state index is 11.4. The summed E-state index contributed by atoms with van der Waals surface area (Å²) in [6.07, 6.45) is 3.87. The lowest BCUT2D eigenvalue weighted by Gasteiger charge is -2.07. The smallest absolute Gasteiger partial charge is 0.175 e. The predicted octanol–water partition coefficient (Wildman–Crippen LogP) is 2.45. The van der Waals surface area contributed by atoms with Crippen molar-refractivity contribution in [1.82, 2.24) is 4.98 Å². The minimum absolute atomic E-state index is 0.329. The van der Waals surface area contributed by atoms with Gasteiger partial charge in [0, 0.05) is 17.3 Å². The molecule has 0 saturated heterocycles. The van der Waals surface area contributed by atoms with Crippen LogP contribution in [-0.4, -0.2) is 26.2 Å². The standard InChI is InChI=1S/C15H18N2O2S2/c1-11-9-12(7-8-16)10-17-15(11)20-13-3-5-14(6-4-13)21(2,18)19/h3-6,9-10H,7-8,16H2,1-2H3. The first-order valence-corrected chi connectivity index (χ1v) is 9.24. The molecule has 0 amide bonds. The maximum Gasteiger partial charge on any atom is 0.175 e. The molecule has 2 rings (SSSR count). The Kier molecular flexibility index (Phi) is 5.03. The molecule has 1 heterocycles. The summed E-state index contributed by atoms with van der Waals surface area (Å²) in [5.74, 6) is 0. The Morgan fingerprint density at radius 1 is 1.24 bits per heavy atom. The van der Waals surface area contributed by atoms with E-state index in [9.17, 15) is 8.42 Å².